The van der Waals surface area contributed by atoms with Gasteiger partial charge in [0.2, 0.25) is 6.29 Å². The van der Waals surface area contributed by atoms with Crippen LogP contribution in [0.15, 0.2) is 0 Å². The van der Waals surface area contributed by atoms with Crippen molar-refractivity contribution >= 4 is 5.97 Å². The highest BCUT2D eigenvalue weighted by Crippen LogP contribution is 2.36. The van der Waals surface area contributed by atoms with Crippen LogP contribution in [0.1, 0.15) is 41.0 Å². The second-order valence-electron chi connectivity index (χ2n) is 4.64. The number of esters is 1. The largest absolute Gasteiger partial charge is 0.436 e. The summed E-state index contributed by atoms with van der Waals surface area (Å²) in [5.41, 5.74) is 0. The van der Waals surface area contributed by atoms with Gasteiger partial charge in [-0.15, -0.1) is 0 Å². The Morgan fingerprint density at radius 3 is 2.27 bits per heavy atom. The first-order valence-corrected chi connectivity index (χ1v) is 5.80. The van der Waals surface area contributed by atoms with Crippen molar-refractivity contribution in [3.05, 3.63) is 0 Å². The van der Waals surface area contributed by atoms with Gasteiger partial charge in [0.25, 0.3) is 0 Å². The molecule has 1 saturated heterocycles. The van der Waals surface area contributed by atoms with Gasteiger partial charge in [-0.3, -0.25) is 4.79 Å². The third-order valence-electron chi connectivity index (χ3n) is 3.67. The minimum absolute atomic E-state index is 0.209. The second-order valence-corrected chi connectivity index (χ2v) is 4.64. The molecule has 1 fully saturated rings. The summed E-state index contributed by atoms with van der Waals surface area (Å²) in [4.78, 5) is 10.9. The molecule has 88 valence electrons. The third-order valence-corrected chi connectivity index (χ3v) is 3.67. The van der Waals surface area contributed by atoms with E-state index in [1.165, 1.54) is 6.92 Å². The average Bonchev–Trinajstić information content (AvgIpc) is 2.18. The van der Waals surface area contributed by atoms with Crippen LogP contribution in [0.25, 0.3) is 0 Å². The molecule has 0 aliphatic carbocycles. The molecule has 15 heavy (non-hydrogen) atoms. The fourth-order valence-corrected chi connectivity index (χ4v) is 2.25. The Bertz CT molecular complexity index is 225. The zero-order chi connectivity index (χ0) is 11.6. The third kappa shape index (κ3) is 2.71. The summed E-state index contributed by atoms with van der Waals surface area (Å²) >= 11 is 0. The highest BCUT2D eigenvalue weighted by molar-refractivity contribution is 5.66. The van der Waals surface area contributed by atoms with Crippen molar-refractivity contribution in [3.63, 3.8) is 0 Å². The molecule has 1 aliphatic heterocycles. The molecule has 1 aliphatic rings. The molecule has 0 amide bonds. The van der Waals surface area contributed by atoms with E-state index < -0.39 is 0 Å². The van der Waals surface area contributed by atoms with E-state index in [0.717, 1.165) is 6.42 Å². The van der Waals surface area contributed by atoms with Crippen molar-refractivity contribution in [1.82, 2.24) is 0 Å². The van der Waals surface area contributed by atoms with Crippen molar-refractivity contribution in [2.75, 3.05) is 0 Å². The molecule has 0 radical (unpaired) electrons. The van der Waals surface area contributed by atoms with Crippen LogP contribution in [0.4, 0.5) is 0 Å². The van der Waals surface area contributed by atoms with Crippen LogP contribution in [0, 0.1) is 17.8 Å². The predicted octanol–water partition coefficient (Wildman–Crippen LogP) is 2.59. The number of ether oxygens (including phenoxy) is 2. The Morgan fingerprint density at radius 2 is 1.80 bits per heavy atom. The molecule has 3 nitrogen and oxygen atoms in total. The summed E-state index contributed by atoms with van der Waals surface area (Å²) in [5, 5.41) is 0. The van der Waals surface area contributed by atoms with E-state index in [2.05, 4.69) is 27.7 Å². The zero-order valence-electron chi connectivity index (χ0n) is 10.3. The number of carbonyl (C=O) groups excluding carboxylic acids is 1. The average molecular weight is 214 g/mol. The smallest absolute Gasteiger partial charge is 0.304 e. The second kappa shape index (κ2) is 4.97. The molecule has 1 rings (SSSR count). The van der Waals surface area contributed by atoms with Gasteiger partial charge in [-0.2, -0.15) is 0 Å². The monoisotopic (exact) mass is 214 g/mol. The van der Waals surface area contributed by atoms with Crippen LogP contribution in [0.2, 0.25) is 0 Å². The van der Waals surface area contributed by atoms with E-state index in [-0.39, 0.29) is 24.3 Å². The lowest BCUT2D eigenvalue weighted by Gasteiger charge is -2.42. The van der Waals surface area contributed by atoms with Gasteiger partial charge < -0.3 is 9.47 Å². The van der Waals surface area contributed by atoms with E-state index in [1.54, 1.807) is 0 Å². The first-order valence-electron chi connectivity index (χ1n) is 5.80. The minimum atomic E-state index is -0.362. The molecule has 0 aromatic heterocycles. The highest BCUT2D eigenvalue weighted by atomic mass is 16.7. The lowest BCUT2D eigenvalue weighted by molar-refractivity contribution is -0.241. The molecule has 0 spiro atoms. The van der Waals surface area contributed by atoms with Gasteiger partial charge in [-0.1, -0.05) is 27.7 Å². The predicted molar refractivity (Wildman–Crippen MR) is 58.2 cm³/mol. The molecule has 0 N–H and O–H groups in total. The Hall–Kier alpha value is -0.570. The number of rotatable bonds is 2. The highest BCUT2D eigenvalue weighted by Gasteiger charge is 2.39. The first kappa shape index (κ1) is 12.5. The summed E-state index contributed by atoms with van der Waals surface area (Å²) in [7, 11) is 0. The quantitative estimate of drug-likeness (QED) is 0.663. The van der Waals surface area contributed by atoms with Crippen LogP contribution in [-0.2, 0) is 14.3 Å². The fraction of sp³-hybridized carbons (Fsp3) is 0.917. The maximum Gasteiger partial charge on any atom is 0.304 e. The maximum absolute atomic E-state index is 10.9. The fourth-order valence-electron chi connectivity index (χ4n) is 2.25. The summed E-state index contributed by atoms with van der Waals surface area (Å²) in [5.74, 6) is 1.06. The minimum Gasteiger partial charge on any atom is -0.436 e. The lowest BCUT2D eigenvalue weighted by atomic mass is 9.78. The van der Waals surface area contributed by atoms with Crippen LogP contribution < -0.4 is 0 Å². The topological polar surface area (TPSA) is 35.5 Å². The lowest BCUT2D eigenvalue weighted by Crippen LogP contribution is -2.46. The standard InChI is InChI=1S/C12H22O3/c1-6-11-8(3)7(2)9(4)12(15-11)14-10(5)13/h7-9,11-12H,6H2,1-5H3/t7-,8-,9?,11?,12+/m0/s1. The molecule has 0 saturated carbocycles. The molecule has 1 heterocycles. The molecule has 0 aromatic carbocycles. The molecular formula is C12H22O3. The maximum atomic E-state index is 10.9. The van der Waals surface area contributed by atoms with Crippen molar-refractivity contribution < 1.29 is 14.3 Å². The van der Waals surface area contributed by atoms with E-state index >= 15 is 0 Å². The van der Waals surface area contributed by atoms with Gasteiger partial charge in [-0.05, 0) is 18.3 Å². The number of hydrogen-bond acceptors (Lipinski definition) is 3. The molecule has 2 unspecified atom stereocenters. The number of carbonyl (C=O) groups is 1. The van der Waals surface area contributed by atoms with Crippen LogP contribution in [0.5, 0.6) is 0 Å². The first-order chi connectivity index (χ1) is 6.97. The molecule has 5 atom stereocenters. The Morgan fingerprint density at radius 1 is 1.20 bits per heavy atom. The Labute approximate surface area is 92.1 Å². The zero-order valence-corrected chi connectivity index (χ0v) is 10.3. The van der Waals surface area contributed by atoms with Crippen molar-refractivity contribution in [3.8, 4) is 0 Å². The normalized spacial score (nSPS) is 41.3. The van der Waals surface area contributed by atoms with Gasteiger partial charge >= 0.3 is 5.97 Å². The molecule has 0 bridgehead atoms. The Balaban J connectivity index is 2.69. The summed E-state index contributed by atoms with van der Waals surface area (Å²) < 4.78 is 11.0. The molecule has 3 heteroatoms. The van der Waals surface area contributed by atoms with E-state index in [1.807, 2.05) is 0 Å². The van der Waals surface area contributed by atoms with Crippen LogP contribution >= 0.6 is 0 Å². The van der Waals surface area contributed by atoms with Crippen LogP contribution in [0.3, 0.4) is 0 Å². The van der Waals surface area contributed by atoms with Crippen LogP contribution in [-0.4, -0.2) is 18.4 Å². The SMILES string of the molecule is CCC1O[C@@H](OC(C)=O)C(C)[C@@H](C)[C@@H]1C. The van der Waals surface area contributed by atoms with Gasteiger partial charge in [0, 0.05) is 12.8 Å². The van der Waals surface area contributed by atoms with Gasteiger partial charge in [0.1, 0.15) is 0 Å². The summed E-state index contributed by atoms with van der Waals surface area (Å²) in [6.07, 6.45) is 0.815. The van der Waals surface area contributed by atoms with E-state index in [9.17, 15) is 4.79 Å². The van der Waals surface area contributed by atoms with Crippen molar-refractivity contribution in [2.24, 2.45) is 17.8 Å². The Kier molecular flexibility index (Phi) is 4.14. The number of hydrogen-bond donors (Lipinski definition) is 0. The molecule has 0 aromatic rings. The van der Waals surface area contributed by atoms with E-state index in [4.69, 9.17) is 9.47 Å². The van der Waals surface area contributed by atoms with Gasteiger partial charge in [-0.25, -0.2) is 0 Å². The summed E-state index contributed by atoms with van der Waals surface area (Å²) in [6, 6.07) is 0. The van der Waals surface area contributed by atoms with Gasteiger partial charge in [0.15, 0.2) is 0 Å². The summed E-state index contributed by atoms with van der Waals surface area (Å²) in [6.45, 7) is 10.0. The van der Waals surface area contributed by atoms with Crippen molar-refractivity contribution in [1.29, 1.82) is 0 Å². The van der Waals surface area contributed by atoms with E-state index in [0.29, 0.717) is 11.8 Å². The van der Waals surface area contributed by atoms with Crippen molar-refractivity contribution in [2.45, 2.75) is 53.4 Å². The molecular weight excluding hydrogens is 192 g/mol. The van der Waals surface area contributed by atoms with Gasteiger partial charge in [0.05, 0.1) is 6.10 Å².